The molecule has 7 rings (SSSR count). The Labute approximate surface area is 183 Å². The predicted molar refractivity (Wildman–Crippen MR) is 123 cm³/mol. The number of hydrogen-bond donors (Lipinski definition) is 0. The van der Waals surface area contributed by atoms with Crippen LogP contribution in [0.25, 0.3) is 22.4 Å². The number of amides is 1. The summed E-state index contributed by atoms with van der Waals surface area (Å²) in [6, 6.07) is 18.8. The second kappa shape index (κ2) is 7.08. The third kappa shape index (κ3) is 3.20. The first-order valence-corrected chi connectivity index (χ1v) is 11.6. The van der Waals surface area contributed by atoms with E-state index in [1.807, 2.05) is 19.3 Å². The standard InChI is InChI=1S/C27H29N3O/c1-29(27-14-19-10-20(15-27)12-21(11-19)16-27)26(31)30-17-25(28-18-30)24-9-5-8-23(13-24)22-6-3-2-4-7-22/h2-9,13,17-21H,10-12,14-16H2,1H3. The zero-order chi connectivity index (χ0) is 21.0. The summed E-state index contributed by atoms with van der Waals surface area (Å²) in [5.41, 5.74) is 4.27. The third-order valence-electron chi connectivity index (χ3n) is 8.07. The van der Waals surface area contributed by atoms with E-state index in [2.05, 4.69) is 58.4 Å². The van der Waals surface area contributed by atoms with Gasteiger partial charge in [0.05, 0.1) is 5.69 Å². The summed E-state index contributed by atoms with van der Waals surface area (Å²) in [6.45, 7) is 0. The predicted octanol–water partition coefficient (Wildman–Crippen LogP) is 6.09. The van der Waals surface area contributed by atoms with E-state index in [0.717, 1.165) is 34.6 Å². The largest absolute Gasteiger partial charge is 0.329 e. The molecule has 0 aliphatic heterocycles. The van der Waals surface area contributed by atoms with E-state index in [0.29, 0.717) is 0 Å². The van der Waals surface area contributed by atoms with Crippen molar-refractivity contribution in [3.63, 3.8) is 0 Å². The van der Waals surface area contributed by atoms with E-state index in [4.69, 9.17) is 0 Å². The van der Waals surface area contributed by atoms with Gasteiger partial charge in [0.15, 0.2) is 0 Å². The molecule has 4 bridgehead atoms. The lowest BCUT2D eigenvalue weighted by molar-refractivity contribution is -0.0620. The minimum atomic E-state index is 0.0555. The van der Waals surface area contributed by atoms with Gasteiger partial charge in [0.25, 0.3) is 0 Å². The average molecular weight is 412 g/mol. The first-order valence-electron chi connectivity index (χ1n) is 11.6. The first-order chi connectivity index (χ1) is 15.1. The summed E-state index contributed by atoms with van der Waals surface area (Å²) in [4.78, 5) is 20.1. The molecule has 2 aromatic carbocycles. The van der Waals surface area contributed by atoms with E-state index >= 15 is 0 Å². The summed E-state index contributed by atoms with van der Waals surface area (Å²) < 4.78 is 1.68. The molecule has 31 heavy (non-hydrogen) atoms. The molecule has 0 atom stereocenters. The number of carbonyl (C=O) groups is 1. The fraction of sp³-hybridized carbons (Fsp3) is 0.407. The molecule has 1 aromatic heterocycles. The minimum absolute atomic E-state index is 0.0555. The van der Waals surface area contributed by atoms with E-state index in [9.17, 15) is 4.79 Å². The van der Waals surface area contributed by atoms with Crippen molar-refractivity contribution in [3.8, 4) is 22.4 Å². The lowest BCUT2D eigenvalue weighted by atomic mass is 9.52. The molecule has 0 N–H and O–H groups in total. The average Bonchev–Trinajstić information content (AvgIpc) is 3.28. The fourth-order valence-electron chi connectivity index (χ4n) is 6.92. The summed E-state index contributed by atoms with van der Waals surface area (Å²) in [6.07, 6.45) is 11.3. The van der Waals surface area contributed by atoms with Crippen LogP contribution in [0.15, 0.2) is 67.1 Å². The quantitative estimate of drug-likeness (QED) is 0.523. The van der Waals surface area contributed by atoms with Gasteiger partial charge in [-0.3, -0.25) is 4.57 Å². The van der Waals surface area contributed by atoms with E-state index in [-0.39, 0.29) is 11.6 Å². The Morgan fingerprint density at radius 3 is 2.19 bits per heavy atom. The van der Waals surface area contributed by atoms with Crippen LogP contribution in [0.2, 0.25) is 0 Å². The molecule has 4 aliphatic rings. The highest BCUT2D eigenvalue weighted by Gasteiger charge is 2.54. The lowest BCUT2D eigenvalue weighted by Crippen LogP contribution is -2.60. The molecule has 0 unspecified atom stereocenters. The number of benzene rings is 2. The van der Waals surface area contributed by atoms with Crippen LogP contribution in [0.1, 0.15) is 38.5 Å². The highest BCUT2D eigenvalue weighted by molar-refractivity contribution is 5.79. The molecule has 3 aromatic rings. The van der Waals surface area contributed by atoms with Crippen molar-refractivity contribution in [2.75, 3.05) is 7.05 Å². The maximum absolute atomic E-state index is 13.4. The molecule has 1 heterocycles. The van der Waals surface area contributed by atoms with Gasteiger partial charge in [-0.25, -0.2) is 9.78 Å². The van der Waals surface area contributed by atoms with E-state index in [1.54, 1.807) is 10.9 Å². The van der Waals surface area contributed by atoms with Crippen LogP contribution in [0.3, 0.4) is 0 Å². The SMILES string of the molecule is CN(C(=O)n1cnc(-c2cccc(-c3ccccc3)c2)c1)C12CC3CC(CC(C3)C1)C2. The smallest absolute Gasteiger partial charge is 0.321 e. The monoisotopic (exact) mass is 411 g/mol. The topological polar surface area (TPSA) is 38.1 Å². The van der Waals surface area contributed by atoms with Crippen LogP contribution < -0.4 is 0 Å². The number of nitrogens with zero attached hydrogens (tertiary/aromatic N) is 3. The molecule has 1 amide bonds. The Bertz CT molecular complexity index is 1080. The van der Waals surface area contributed by atoms with Gasteiger partial charge >= 0.3 is 6.03 Å². The van der Waals surface area contributed by atoms with Gasteiger partial charge in [-0.15, -0.1) is 0 Å². The highest BCUT2D eigenvalue weighted by Crippen LogP contribution is 2.57. The molecular formula is C27H29N3O. The van der Waals surface area contributed by atoms with Gasteiger partial charge in [0.1, 0.15) is 6.33 Å². The number of hydrogen-bond acceptors (Lipinski definition) is 2. The van der Waals surface area contributed by atoms with Crippen molar-refractivity contribution < 1.29 is 4.79 Å². The summed E-state index contributed by atoms with van der Waals surface area (Å²) in [5.74, 6) is 2.46. The Morgan fingerprint density at radius 2 is 1.52 bits per heavy atom. The molecule has 0 saturated heterocycles. The number of rotatable bonds is 3. The van der Waals surface area contributed by atoms with Gasteiger partial charge in [-0.05, 0) is 73.5 Å². The zero-order valence-corrected chi connectivity index (χ0v) is 18.1. The Balaban J connectivity index is 1.25. The Morgan fingerprint density at radius 1 is 0.903 bits per heavy atom. The van der Waals surface area contributed by atoms with Crippen LogP contribution in [0.5, 0.6) is 0 Å². The van der Waals surface area contributed by atoms with Gasteiger partial charge in [0, 0.05) is 24.3 Å². The summed E-state index contributed by atoms with van der Waals surface area (Å²) in [7, 11) is 2.02. The van der Waals surface area contributed by atoms with Crippen LogP contribution >= 0.6 is 0 Å². The second-order valence-electron chi connectivity index (χ2n) is 10.1. The van der Waals surface area contributed by atoms with Crippen LogP contribution in [0, 0.1) is 17.8 Å². The first kappa shape index (κ1) is 18.9. The van der Waals surface area contributed by atoms with Crippen molar-refractivity contribution in [1.29, 1.82) is 0 Å². The van der Waals surface area contributed by atoms with Crippen molar-refractivity contribution in [2.45, 2.75) is 44.1 Å². The summed E-state index contributed by atoms with van der Waals surface area (Å²) in [5, 5.41) is 0. The highest BCUT2D eigenvalue weighted by atomic mass is 16.2. The van der Waals surface area contributed by atoms with Crippen LogP contribution in [0.4, 0.5) is 4.79 Å². The molecule has 4 aliphatic carbocycles. The molecule has 0 spiro atoms. The molecule has 4 saturated carbocycles. The Kier molecular flexibility index (Phi) is 4.31. The van der Waals surface area contributed by atoms with Crippen molar-refractivity contribution >= 4 is 6.03 Å². The third-order valence-corrected chi connectivity index (χ3v) is 8.07. The number of carbonyl (C=O) groups excluding carboxylic acids is 1. The molecule has 158 valence electrons. The van der Waals surface area contributed by atoms with Gasteiger partial charge < -0.3 is 4.90 Å². The summed E-state index contributed by atoms with van der Waals surface area (Å²) >= 11 is 0. The van der Waals surface area contributed by atoms with Crippen molar-refractivity contribution in [1.82, 2.24) is 14.5 Å². The van der Waals surface area contributed by atoms with Gasteiger partial charge in [0.2, 0.25) is 0 Å². The fourth-order valence-corrected chi connectivity index (χ4v) is 6.92. The lowest BCUT2D eigenvalue weighted by Gasteiger charge is -2.59. The van der Waals surface area contributed by atoms with E-state index < -0.39 is 0 Å². The van der Waals surface area contributed by atoms with Crippen LogP contribution in [-0.4, -0.2) is 33.1 Å². The molecule has 4 heteroatoms. The van der Waals surface area contributed by atoms with Crippen LogP contribution in [-0.2, 0) is 0 Å². The molecule has 0 radical (unpaired) electrons. The Hall–Kier alpha value is -2.88. The molecule has 4 fully saturated rings. The number of aromatic nitrogens is 2. The van der Waals surface area contributed by atoms with Crippen molar-refractivity contribution in [3.05, 3.63) is 67.1 Å². The second-order valence-corrected chi connectivity index (χ2v) is 10.1. The van der Waals surface area contributed by atoms with Gasteiger partial charge in [-0.1, -0.05) is 48.5 Å². The van der Waals surface area contributed by atoms with E-state index in [1.165, 1.54) is 44.1 Å². The van der Waals surface area contributed by atoms with Gasteiger partial charge in [-0.2, -0.15) is 0 Å². The maximum Gasteiger partial charge on any atom is 0.329 e. The number of imidazole rings is 1. The molecule has 4 nitrogen and oxygen atoms in total. The molecular weight excluding hydrogens is 382 g/mol. The zero-order valence-electron chi connectivity index (χ0n) is 18.1. The normalized spacial score (nSPS) is 28.6. The maximum atomic E-state index is 13.4. The minimum Gasteiger partial charge on any atom is -0.321 e. The van der Waals surface area contributed by atoms with Crippen molar-refractivity contribution in [2.24, 2.45) is 17.8 Å².